The van der Waals surface area contributed by atoms with Gasteiger partial charge in [0.25, 0.3) is 0 Å². The van der Waals surface area contributed by atoms with Crippen LogP contribution in [0.3, 0.4) is 0 Å². The fraction of sp³-hybridized carbons (Fsp3) is 0.130. The highest BCUT2D eigenvalue weighted by Gasteiger charge is 2.44. The summed E-state index contributed by atoms with van der Waals surface area (Å²) in [5.74, 6) is 0. The molecule has 0 unspecified atom stereocenters. The molecular weight excluding hydrogens is 609 g/mol. The van der Waals surface area contributed by atoms with E-state index in [1.807, 2.05) is 6.20 Å². The number of fused-ring (bicyclic) bond motifs is 6. The van der Waals surface area contributed by atoms with Crippen molar-refractivity contribution in [2.75, 3.05) is 9.80 Å². The van der Waals surface area contributed by atoms with Crippen molar-refractivity contribution >= 4 is 34.1 Å². The zero-order valence-corrected chi connectivity index (χ0v) is 28.8. The van der Waals surface area contributed by atoms with Gasteiger partial charge in [0.05, 0.1) is 29.0 Å². The Kier molecular flexibility index (Phi) is 6.79. The first-order valence-electron chi connectivity index (χ1n) is 17.3. The Labute approximate surface area is 294 Å². The summed E-state index contributed by atoms with van der Waals surface area (Å²) in [6.07, 6.45) is 2.02. The van der Waals surface area contributed by atoms with Crippen molar-refractivity contribution in [2.24, 2.45) is 0 Å². The van der Waals surface area contributed by atoms with Crippen LogP contribution in [-0.2, 0) is 10.8 Å². The van der Waals surface area contributed by atoms with Crippen molar-refractivity contribution in [1.82, 2.24) is 9.97 Å². The third kappa shape index (κ3) is 4.59. The molecule has 7 aromatic rings. The smallest absolute Gasteiger partial charge is 0.0763 e. The average Bonchev–Trinajstić information content (AvgIpc) is 3.51. The van der Waals surface area contributed by atoms with E-state index < -0.39 is 0 Å². The summed E-state index contributed by atoms with van der Waals surface area (Å²) in [6, 6.07) is 53.9. The standard InChI is InChI=1S/C46H38N4/c1-45(2)39-27-35(49(31-17-9-5-10-18-31)32-19-11-6-12-20-32)25-26-37(39)43-41(45)29-38-42-40(46(3,4)44(38)48-43)28-36(30-47-42)50(33-21-13-7-14-22-33)34-23-15-8-16-24-34/h5-30H,1-4H3. The first-order valence-corrected chi connectivity index (χ1v) is 17.3. The van der Waals surface area contributed by atoms with Crippen LogP contribution < -0.4 is 9.80 Å². The molecule has 2 heterocycles. The van der Waals surface area contributed by atoms with Crippen molar-refractivity contribution in [3.05, 3.63) is 180 Å². The van der Waals surface area contributed by atoms with Crippen LogP contribution in [0.5, 0.6) is 0 Å². The molecule has 0 atom stereocenters. The number of anilines is 6. The minimum absolute atomic E-state index is 0.244. The summed E-state index contributed by atoms with van der Waals surface area (Å²) in [5.41, 5.74) is 15.3. The number of hydrogen-bond acceptors (Lipinski definition) is 4. The molecule has 2 aliphatic rings. The lowest BCUT2D eigenvalue weighted by Gasteiger charge is -2.28. The molecule has 0 spiro atoms. The maximum absolute atomic E-state index is 5.55. The van der Waals surface area contributed by atoms with Gasteiger partial charge in [-0.2, -0.15) is 0 Å². The number of aromatic nitrogens is 2. The second-order valence-electron chi connectivity index (χ2n) is 14.4. The van der Waals surface area contributed by atoms with E-state index in [-0.39, 0.29) is 10.8 Å². The van der Waals surface area contributed by atoms with Crippen molar-refractivity contribution < 1.29 is 0 Å². The number of nitrogens with zero attached hydrogens (tertiary/aromatic N) is 4. The summed E-state index contributed by atoms with van der Waals surface area (Å²) in [4.78, 5) is 15.4. The maximum Gasteiger partial charge on any atom is 0.0763 e. The Morgan fingerprint density at radius 2 is 0.860 bits per heavy atom. The number of hydrogen-bond donors (Lipinski definition) is 0. The van der Waals surface area contributed by atoms with E-state index in [1.165, 1.54) is 22.3 Å². The molecule has 242 valence electrons. The molecule has 2 aromatic heterocycles. The number of rotatable bonds is 6. The van der Waals surface area contributed by atoms with Crippen LogP contribution in [0.2, 0.25) is 0 Å². The summed E-state index contributed by atoms with van der Waals surface area (Å²) in [6.45, 7) is 9.25. The van der Waals surface area contributed by atoms with Gasteiger partial charge in [0.1, 0.15) is 0 Å². The third-order valence-corrected chi connectivity index (χ3v) is 10.6. The largest absolute Gasteiger partial charge is 0.310 e. The first-order chi connectivity index (χ1) is 24.3. The predicted molar refractivity (Wildman–Crippen MR) is 207 cm³/mol. The highest BCUT2D eigenvalue weighted by Crippen LogP contribution is 2.55. The lowest BCUT2D eigenvalue weighted by Crippen LogP contribution is -2.19. The zero-order chi connectivity index (χ0) is 34.0. The molecule has 0 fully saturated rings. The lowest BCUT2D eigenvalue weighted by molar-refractivity contribution is 0.631. The monoisotopic (exact) mass is 646 g/mol. The molecule has 2 aliphatic carbocycles. The molecular formula is C46H38N4. The number of benzene rings is 5. The van der Waals surface area contributed by atoms with Gasteiger partial charge in [0, 0.05) is 50.4 Å². The molecule has 5 aromatic carbocycles. The Morgan fingerprint density at radius 3 is 1.38 bits per heavy atom. The van der Waals surface area contributed by atoms with Gasteiger partial charge in [-0.25, -0.2) is 0 Å². The molecule has 4 heteroatoms. The molecule has 0 amide bonds. The summed E-state index contributed by atoms with van der Waals surface area (Å²) >= 11 is 0. The Morgan fingerprint density at radius 1 is 0.400 bits per heavy atom. The quantitative estimate of drug-likeness (QED) is 0.180. The topological polar surface area (TPSA) is 32.3 Å². The highest BCUT2D eigenvalue weighted by atomic mass is 15.2. The van der Waals surface area contributed by atoms with E-state index in [9.17, 15) is 0 Å². The molecule has 0 aliphatic heterocycles. The van der Waals surface area contributed by atoms with Gasteiger partial charge < -0.3 is 9.80 Å². The van der Waals surface area contributed by atoms with E-state index in [1.54, 1.807) is 0 Å². The van der Waals surface area contributed by atoms with Crippen LogP contribution >= 0.6 is 0 Å². The van der Waals surface area contributed by atoms with Gasteiger partial charge in [-0.15, -0.1) is 0 Å². The Balaban J connectivity index is 1.15. The fourth-order valence-corrected chi connectivity index (χ4v) is 7.99. The van der Waals surface area contributed by atoms with Crippen molar-refractivity contribution in [3.63, 3.8) is 0 Å². The van der Waals surface area contributed by atoms with E-state index >= 15 is 0 Å². The van der Waals surface area contributed by atoms with Crippen molar-refractivity contribution in [3.8, 4) is 22.5 Å². The van der Waals surface area contributed by atoms with Gasteiger partial charge in [-0.1, -0.05) is 107 Å². The normalized spacial score (nSPS) is 14.3. The molecule has 0 bridgehead atoms. The van der Waals surface area contributed by atoms with E-state index in [0.717, 1.165) is 56.8 Å². The van der Waals surface area contributed by atoms with Crippen LogP contribution in [-0.4, -0.2) is 9.97 Å². The summed E-state index contributed by atoms with van der Waals surface area (Å²) in [5, 5.41) is 0. The third-order valence-electron chi connectivity index (χ3n) is 10.6. The predicted octanol–water partition coefficient (Wildman–Crippen LogP) is 12.0. The maximum atomic E-state index is 5.55. The zero-order valence-electron chi connectivity index (χ0n) is 28.8. The van der Waals surface area contributed by atoms with E-state index in [2.05, 4.69) is 189 Å². The van der Waals surface area contributed by atoms with Gasteiger partial charge in [-0.05, 0) is 89.5 Å². The minimum atomic E-state index is -0.327. The molecule has 9 rings (SSSR count). The molecule has 0 saturated heterocycles. The van der Waals surface area contributed by atoms with Crippen LogP contribution in [0.15, 0.2) is 158 Å². The van der Waals surface area contributed by atoms with Crippen molar-refractivity contribution in [1.29, 1.82) is 0 Å². The van der Waals surface area contributed by atoms with Gasteiger partial charge in [0.15, 0.2) is 0 Å². The van der Waals surface area contributed by atoms with Crippen LogP contribution in [0.25, 0.3) is 22.5 Å². The number of para-hydroxylation sites is 4. The Hall–Kier alpha value is -6.00. The number of pyridine rings is 2. The molecule has 4 nitrogen and oxygen atoms in total. The summed E-state index contributed by atoms with van der Waals surface area (Å²) in [7, 11) is 0. The minimum Gasteiger partial charge on any atom is -0.310 e. The molecule has 50 heavy (non-hydrogen) atoms. The second-order valence-corrected chi connectivity index (χ2v) is 14.4. The fourth-order valence-electron chi connectivity index (χ4n) is 7.99. The van der Waals surface area contributed by atoms with E-state index in [0.29, 0.717) is 0 Å². The SMILES string of the molecule is CC1(C)c2cc(N(c3ccccc3)c3ccccc3)ccc2-c2nc3c(cc21)-c1ncc(N(c2ccccc2)c2ccccc2)cc1C3(C)C. The van der Waals surface area contributed by atoms with Gasteiger partial charge in [-0.3, -0.25) is 9.97 Å². The molecule has 0 radical (unpaired) electrons. The van der Waals surface area contributed by atoms with Crippen LogP contribution in [0, 0.1) is 0 Å². The Bertz CT molecular complexity index is 2120. The average molecular weight is 647 g/mol. The molecule has 0 saturated carbocycles. The molecule has 0 N–H and O–H groups in total. The van der Waals surface area contributed by atoms with Crippen LogP contribution in [0.4, 0.5) is 34.1 Å². The van der Waals surface area contributed by atoms with E-state index in [4.69, 9.17) is 9.97 Å². The highest BCUT2D eigenvalue weighted by molar-refractivity contribution is 5.88. The van der Waals surface area contributed by atoms with Crippen LogP contribution in [0.1, 0.15) is 50.1 Å². The second kappa shape index (κ2) is 11.3. The van der Waals surface area contributed by atoms with Gasteiger partial charge >= 0.3 is 0 Å². The lowest BCUT2D eigenvalue weighted by atomic mass is 9.81. The first kappa shape index (κ1) is 30.1. The van der Waals surface area contributed by atoms with Crippen molar-refractivity contribution in [2.45, 2.75) is 38.5 Å². The summed E-state index contributed by atoms with van der Waals surface area (Å²) < 4.78 is 0. The van der Waals surface area contributed by atoms with Gasteiger partial charge in [0.2, 0.25) is 0 Å².